The molecular weight excluding hydrogens is 381 g/mol. The van der Waals surface area contributed by atoms with Crippen molar-refractivity contribution in [3.05, 3.63) is 40.2 Å². The molecule has 19 heavy (non-hydrogen) atoms. The number of nitrogens with two attached hydrogens (primary N) is 1. The van der Waals surface area contributed by atoms with Crippen LogP contribution in [0.1, 0.15) is 0 Å². The van der Waals surface area contributed by atoms with Crippen molar-refractivity contribution in [1.82, 2.24) is 9.97 Å². The maximum absolute atomic E-state index is 12.1. The summed E-state index contributed by atoms with van der Waals surface area (Å²) in [6, 6.07) is 7.01. The van der Waals surface area contributed by atoms with E-state index in [-0.39, 0.29) is 10.8 Å². The van der Waals surface area contributed by atoms with Gasteiger partial charge in [0.05, 0.1) is 12.4 Å². The first kappa shape index (κ1) is 14.0. The van der Waals surface area contributed by atoms with Gasteiger partial charge < -0.3 is 0 Å². The average molecular weight is 391 g/mol. The minimum absolute atomic E-state index is 0.0367. The number of anilines is 2. The van der Waals surface area contributed by atoms with Crippen LogP contribution >= 0.6 is 22.6 Å². The van der Waals surface area contributed by atoms with Crippen LogP contribution in [0, 0.1) is 3.57 Å². The molecule has 1 aromatic heterocycles. The third-order valence-electron chi connectivity index (χ3n) is 2.14. The number of nitrogens with zero attached hydrogens (tertiary/aromatic N) is 2. The van der Waals surface area contributed by atoms with Gasteiger partial charge in [-0.15, -0.1) is 0 Å². The Kier molecular flexibility index (Phi) is 4.17. The number of hydrazine groups is 1. The van der Waals surface area contributed by atoms with Crippen LogP contribution in [0.25, 0.3) is 0 Å². The molecule has 0 aliphatic carbocycles. The van der Waals surface area contributed by atoms with Gasteiger partial charge in [0.1, 0.15) is 4.90 Å². The topological polar surface area (TPSA) is 110 Å². The molecular formula is C10H10IN5O2S. The lowest BCUT2D eigenvalue weighted by Crippen LogP contribution is -2.15. The van der Waals surface area contributed by atoms with Crippen molar-refractivity contribution in [3.63, 3.8) is 0 Å². The van der Waals surface area contributed by atoms with Gasteiger partial charge in [-0.2, -0.15) is 0 Å². The fraction of sp³-hybridized carbons (Fsp3) is 0. The molecule has 0 fully saturated rings. The van der Waals surface area contributed by atoms with Gasteiger partial charge in [0.2, 0.25) is 5.95 Å². The van der Waals surface area contributed by atoms with Gasteiger partial charge in [-0.25, -0.2) is 24.2 Å². The first-order valence-electron chi connectivity index (χ1n) is 5.08. The second-order valence-electron chi connectivity index (χ2n) is 3.50. The zero-order valence-corrected chi connectivity index (χ0v) is 12.5. The Bertz CT molecular complexity index is 675. The standard InChI is InChI=1S/C10H10IN5O2S/c11-7-2-1-3-8(4-7)16-19(17,18)9-5-13-10(15-12)14-6-9/h1-6,16H,12H2,(H,13,14,15). The number of halogens is 1. The normalized spacial score (nSPS) is 11.1. The summed E-state index contributed by atoms with van der Waals surface area (Å²) in [5, 5.41) is 0. The highest BCUT2D eigenvalue weighted by molar-refractivity contribution is 14.1. The maximum Gasteiger partial charge on any atom is 0.264 e. The molecule has 4 N–H and O–H groups in total. The van der Waals surface area contributed by atoms with Crippen molar-refractivity contribution in [3.8, 4) is 0 Å². The number of nitrogen functional groups attached to an aromatic ring is 1. The molecule has 7 nitrogen and oxygen atoms in total. The van der Waals surface area contributed by atoms with Crippen molar-refractivity contribution >= 4 is 44.2 Å². The second-order valence-corrected chi connectivity index (χ2v) is 6.43. The molecule has 0 amide bonds. The first-order valence-corrected chi connectivity index (χ1v) is 7.64. The van der Waals surface area contributed by atoms with Gasteiger partial charge in [-0.3, -0.25) is 10.1 Å². The molecule has 0 spiro atoms. The lowest BCUT2D eigenvalue weighted by molar-refractivity contribution is 0.600. The van der Waals surface area contributed by atoms with Crippen molar-refractivity contribution in [2.24, 2.45) is 5.84 Å². The summed E-state index contributed by atoms with van der Waals surface area (Å²) in [5.41, 5.74) is 2.70. The number of hydrogen-bond acceptors (Lipinski definition) is 6. The molecule has 0 saturated heterocycles. The number of benzene rings is 1. The van der Waals surface area contributed by atoms with Gasteiger partial charge >= 0.3 is 0 Å². The SMILES string of the molecule is NNc1ncc(S(=O)(=O)Nc2cccc(I)c2)cn1. The van der Waals surface area contributed by atoms with E-state index in [1.54, 1.807) is 18.2 Å². The molecule has 1 heterocycles. The number of nitrogens with one attached hydrogen (secondary N) is 2. The minimum Gasteiger partial charge on any atom is -0.292 e. The summed E-state index contributed by atoms with van der Waals surface area (Å²) < 4.78 is 27.5. The van der Waals surface area contributed by atoms with Crippen LogP contribution < -0.4 is 16.0 Å². The van der Waals surface area contributed by atoms with Crippen LogP contribution in [0.5, 0.6) is 0 Å². The number of rotatable bonds is 4. The van der Waals surface area contributed by atoms with E-state index in [2.05, 4.69) is 42.7 Å². The van der Waals surface area contributed by atoms with Crippen molar-refractivity contribution in [2.45, 2.75) is 4.90 Å². The molecule has 0 saturated carbocycles. The van der Waals surface area contributed by atoms with Crippen LogP contribution in [0.2, 0.25) is 0 Å². The van der Waals surface area contributed by atoms with E-state index in [1.165, 1.54) is 12.4 Å². The number of hydrogen-bond donors (Lipinski definition) is 3. The van der Waals surface area contributed by atoms with Gasteiger partial charge in [0.15, 0.2) is 0 Å². The zero-order valence-electron chi connectivity index (χ0n) is 9.54. The molecule has 0 radical (unpaired) electrons. The van der Waals surface area contributed by atoms with Crippen molar-refractivity contribution < 1.29 is 8.42 Å². The van der Waals surface area contributed by atoms with E-state index in [9.17, 15) is 8.42 Å². The van der Waals surface area contributed by atoms with Crippen LogP contribution in [-0.4, -0.2) is 18.4 Å². The summed E-state index contributed by atoms with van der Waals surface area (Å²) in [6.07, 6.45) is 2.36. The summed E-state index contributed by atoms with van der Waals surface area (Å²) >= 11 is 2.10. The summed E-state index contributed by atoms with van der Waals surface area (Å²) in [6.45, 7) is 0. The second kappa shape index (κ2) is 5.67. The molecule has 1 aromatic carbocycles. The largest absolute Gasteiger partial charge is 0.292 e. The Balaban J connectivity index is 2.27. The Hall–Kier alpha value is -1.46. The average Bonchev–Trinajstić information content (AvgIpc) is 2.38. The lowest BCUT2D eigenvalue weighted by atomic mass is 10.3. The van der Waals surface area contributed by atoms with E-state index >= 15 is 0 Å². The van der Waals surface area contributed by atoms with Gasteiger partial charge in [-0.05, 0) is 40.8 Å². The van der Waals surface area contributed by atoms with Gasteiger partial charge in [0, 0.05) is 9.26 Å². The number of sulfonamides is 1. The summed E-state index contributed by atoms with van der Waals surface area (Å²) in [4.78, 5) is 7.47. The Morgan fingerprint density at radius 1 is 1.21 bits per heavy atom. The fourth-order valence-corrected chi connectivity index (χ4v) is 2.78. The van der Waals surface area contributed by atoms with E-state index in [0.29, 0.717) is 5.69 Å². The highest BCUT2D eigenvalue weighted by Crippen LogP contribution is 2.17. The highest BCUT2D eigenvalue weighted by Gasteiger charge is 2.15. The molecule has 100 valence electrons. The third kappa shape index (κ3) is 3.52. The van der Waals surface area contributed by atoms with E-state index < -0.39 is 10.0 Å². The van der Waals surface area contributed by atoms with Crippen LogP contribution in [0.15, 0.2) is 41.6 Å². The van der Waals surface area contributed by atoms with Gasteiger partial charge in [-0.1, -0.05) is 6.07 Å². The summed E-state index contributed by atoms with van der Waals surface area (Å²) in [5.74, 6) is 5.25. The molecule has 2 aromatic rings. The fourth-order valence-electron chi connectivity index (χ4n) is 1.30. The molecule has 2 rings (SSSR count). The lowest BCUT2D eigenvalue weighted by Gasteiger charge is -2.08. The monoisotopic (exact) mass is 391 g/mol. The van der Waals surface area contributed by atoms with Gasteiger partial charge in [0.25, 0.3) is 10.0 Å². The summed E-state index contributed by atoms with van der Waals surface area (Å²) in [7, 11) is -3.70. The van der Waals surface area contributed by atoms with Crippen LogP contribution in [-0.2, 0) is 10.0 Å². The van der Waals surface area contributed by atoms with Crippen molar-refractivity contribution in [2.75, 3.05) is 10.1 Å². The van der Waals surface area contributed by atoms with Crippen molar-refractivity contribution in [1.29, 1.82) is 0 Å². The molecule has 0 unspecified atom stereocenters. The van der Waals surface area contributed by atoms with Crippen LogP contribution in [0.3, 0.4) is 0 Å². The Morgan fingerprint density at radius 2 is 1.89 bits per heavy atom. The maximum atomic E-state index is 12.1. The molecule has 0 bridgehead atoms. The smallest absolute Gasteiger partial charge is 0.264 e. The first-order chi connectivity index (χ1) is 9.01. The molecule has 0 atom stereocenters. The molecule has 0 aliphatic heterocycles. The van der Waals surface area contributed by atoms with Crippen LogP contribution in [0.4, 0.5) is 11.6 Å². The van der Waals surface area contributed by atoms with E-state index in [0.717, 1.165) is 3.57 Å². The van der Waals surface area contributed by atoms with E-state index in [1.807, 2.05) is 6.07 Å². The predicted octanol–water partition coefficient (Wildman–Crippen LogP) is 1.17. The Labute approximate surface area is 123 Å². The third-order valence-corrected chi connectivity index (χ3v) is 4.15. The minimum atomic E-state index is -3.70. The number of aromatic nitrogens is 2. The van der Waals surface area contributed by atoms with E-state index in [4.69, 9.17) is 5.84 Å². The predicted molar refractivity (Wildman–Crippen MR) is 79.8 cm³/mol. The molecule has 9 heteroatoms. The zero-order chi connectivity index (χ0) is 13.9. The Morgan fingerprint density at radius 3 is 2.47 bits per heavy atom. The highest BCUT2D eigenvalue weighted by atomic mass is 127. The quantitative estimate of drug-likeness (QED) is 0.410. The molecule has 0 aliphatic rings.